The summed E-state index contributed by atoms with van der Waals surface area (Å²) in [7, 11) is 0. The van der Waals surface area contributed by atoms with Gasteiger partial charge < -0.3 is 15.0 Å². The first-order chi connectivity index (χ1) is 9.54. The summed E-state index contributed by atoms with van der Waals surface area (Å²) in [6.45, 7) is 0.236. The third-order valence-corrected chi connectivity index (χ3v) is 3.37. The van der Waals surface area contributed by atoms with Gasteiger partial charge in [0.1, 0.15) is 6.04 Å². The van der Waals surface area contributed by atoms with E-state index in [0.29, 0.717) is 12.2 Å². The number of aliphatic carboxylic acids is 1. The van der Waals surface area contributed by atoms with Gasteiger partial charge in [0.2, 0.25) is 5.91 Å². The quantitative estimate of drug-likeness (QED) is 0.732. The van der Waals surface area contributed by atoms with Gasteiger partial charge in [0.25, 0.3) is 5.56 Å². The molecule has 1 aromatic rings. The molecule has 110 valence electrons. The molecule has 6 nitrogen and oxygen atoms in total. The fourth-order valence-corrected chi connectivity index (χ4v) is 2.10. The average Bonchev–Trinajstić information content (AvgIpc) is 2.42. The van der Waals surface area contributed by atoms with Crippen molar-refractivity contribution >= 4 is 23.6 Å². The summed E-state index contributed by atoms with van der Waals surface area (Å²) >= 11 is 1.53. The van der Waals surface area contributed by atoms with Crippen molar-refractivity contribution in [3.63, 3.8) is 0 Å². The second-order valence-corrected chi connectivity index (χ2v) is 5.21. The highest BCUT2D eigenvalue weighted by Crippen LogP contribution is 2.01. The number of nitrogens with zero attached hydrogens (tertiary/aromatic N) is 1. The maximum absolute atomic E-state index is 11.7. The number of pyridine rings is 1. The van der Waals surface area contributed by atoms with Crippen molar-refractivity contribution in [2.24, 2.45) is 0 Å². The first-order valence-corrected chi connectivity index (χ1v) is 7.60. The van der Waals surface area contributed by atoms with Crippen LogP contribution in [0.25, 0.3) is 0 Å². The Balaban J connectivity index is 2.48. The van der Waals surface area contributed by atoms with Crippen LogP contribution in [0, 0.1) is 0 Å². The van der Waals surface area contributed by atoms with Crippen molar-refractivity contribution in [1.29, 1.82) is 0 Å². The van der Waals surface area contributed by atoms with Crippen LogP contribution in [0.5, 0.6) is 0 Å². The van der Waals surface area contributed by atoms with Gasteiger partial charge >= 0.3 is 5.97 Å². The zero-order valence-electron chi connectivity index (χ0n) is 11.2. The van der Waals surface area contributed by atoms with Crippen LogP contribution < -0.4 is 10.9 Å². The predicted molar refractivity (Wildman–Crippen MR) is 77.9 cm³/mol. The SMILES string of the molecule is CSCC[C@H](NC(=O)CCn1ccccc1=O)C(=O)O. The number of carbonyl (C=O) groups is 2. The summed E-state index contributed by atoms with van der Waals surface area (Å²) in [5.41, 5.74) is -0.183. The van der Waals surface area contributed by atoms with Crippen LogP contribution in [0.4, 0.5) is 0 Å². The van der Waals surface area contributed by atoms with Gasteiger partial charge in [-0.25, -0.2) is 4.79 Å². The Morgan fingerprint density at radius 2 is 2.20 bits per heavy atom. The molecule has 7 heteroatoms. The fraction of sp³-hybridized carbons (Fsp3) is 0.462. The molecule has 0 aliphatic rings. The normalized spacial score (nSPS) is 11.8. The molecule has 1 rings (SSSR count). The van der Waals surface area contributed by atoms with Crippen molar-refractivity contribution in [1.82, 2.24) is 9.88 Å². The highest BCUT2D eigenvalue weighted by atomic mass is 32.2. The second kappa shape index (κ2) is 8.42. The molecule has 1 heterocycles. The minimum atomic E-state index is -1.04. The zero-order valence-corrected chi connectivity index (χ0v) is 12.1. The van der Waals surface area contributed by atoms with Gasteiger partial charge in [0.05, 0.1) is 0 Å². The van der Waals surface area contributed by atoms with Gasteiger partial charge in [0, 0.05) is 25.2 Å². The van der Waals surface area contributed by atoms with Crippen LogP contribution in [0.15, 0.2) is 29.2 Å². The lowest BCUT2D eigenvalue weighted by Gasteiger charge is -2.14. The molecule has 0 aliphatic heterocycles. The lowest BCUT2D eigenvalue weighted by atomic mass is 10.2. The molecule has 0 saturated heterocycles. The molecule has 0 saturated carbocycles. The molecule has 0 aromatic carbocycles. The average molecular weight is 298 g/mol. The Hall–Kier alpha value is -1.76. The molecule has 1 aromatic heterocycles. The van der Waals surface area contributed by atoms with Gasteiger partial charge in [-0.3, -0.25) is 9.59 Å². The Morgan fingerprint density at radius 1 is 1.45 bits per heavy atom. The summed E-state index contributed by atoms with van der Waals surface area (Å²) in [4.78, 5) is 34.1. The minimum absolute atomic E-state index is 0.0764. The van der Waals surface area contributed by atoms with E-state index in [-0.39, 0.29) is 24.4 Å². The number of hydrogen-bond donors (Lipinski definition) is 2. The van der Waals surface area contributed by atoms with E-state index in [2.05, 4.69) is 5.32 Å². The van der Waals surface area contributed by atoms with Gasteiger partial charge in [-0.15, -0.1) is 0 Å². The molecule has 0 spiro atoms. The molecule has 0 aliphatic carbocycles. The highest BCUT2D eigenvalue weighted by Gasteiger charge is 2.19. The lowest BCUT2D eigenvalue weighted by Crippen LogP contribution is -2.41. The zero-order chi connectivity index (χ0) is 15.0. The summed E-state index contributed by atoms with van der Waals surface area (Å²) in [5.74, 6) is -0.742. The fourth-order valence-electron chi connectivity index (χ4n) is 1.63. The third-order valence-electron chi connectivity index (χ3n) is 2.72. The van der Waals surface area contributed by atoms with Crippen LogP contribution in [0.2, 0.25) is 0 Å². The number of aromatic nitrogens is 1. The van der Waals surface area contributed by atoms with E-state index in [9.17, 15) is 14.4 Å². The molecule has 0 unspecified atom stereocenters. The Bertz CT molecular complexity index is 515. The Labute approximate surface area is 121 Å². The summed E-state index contributed by atoms with van der Waals surface area (Å²) < 4.78 is 1.41. The molecule has 1 atom stereocenters. The van der Waals surface area contributed by atoms with E-state index in [1.54, 1.807) is 18.3 Å². The van der Waals surface area contributed by atoms with E-state index in [1.165, 1.54) is 22.4 Å². The standard InChI is InChI=1S/C13H18N2O4S/c1-20-9-6-10(13(18)19)14-11(16)5-8-15-7-3-2-4-12(15)17/h2-4,7,10H,5-6,8-9H2,1H3,(H,14,16)(H,18,19)/t10-/m0/s1. The van der Waals surface area contributed by atoms with E-state index in [1.807, 2.05) is 6.26 Å². The van der Waals surface area contributed by atoms with E-state index in [4.69, 9.17) is 5.11 Å². The van der Waals surface area contributed by atoms with E-state index >= 15 is 0 Å². The van der Waals surface area contributed by atoms with E-state index in [0.717, 1.165) is 0 Å². The van der Waals surface area contributed by atoms with Crippen LogP contribution in [0.3, 0.4) is 0 Å². The maximum atomic E-state index is 11.7. The Morgan fingerprint density at radius 3 is 2.80 bits per heavy atom. The molecule has 0 bridgehead atoms. The topological polar surface area (TPSA) is 88.4 Å². The first kappa shape index (κ1) is 16.3. The molecular weight excluding hydrogens is 280 g/mol. The van der Waals surface area contributed by atoms with Crippen molar-refractivity contribution in [3.8, 4) is 0 Å². The highest BCUT2D eigenvalue weighted by molar-refractivity contribution is 7.98. The van der Waals surface area contributed by atoms with Crippen molar-refractivity contribution in [2.75, 3.05) is 12.0 Å². The number of carboxylic acids is 1. The molecule has 0 radical (unpaired) electrons. The number of aryl methyl sites for hydroxylation is 1. The smallest absolute Gasteiger partial charge is 0.326 e. The number of amides is 1. The van der Waals surface area contributed by atoms with Crippen LogP contribution in [-0.2, 0) is 16.1 Å². The number of rotatable bonds is 8. The first-order valence-electron chi connectivity index (χ1n) is 6.21. The second-order valence-electron chi connectivity index (χ2n) is 4.22. The van der Waals surface area contributed by atoms with Gasteiger partial charge in [-0.2, -0.15) is 11.8 Å². The number of nitrogens with one attached hydrogen (secondary N) is 1. The van der Waals surface area contributed by atoms with Gasteiger partial charge in [-0.1, -0.05) is 6.07 Å². The van der Waals surface area contributed by atoms with Crippen molar-refractivity contribution < 1.29 is 14.7 Å². The molecule has 20 heavy (non-hydrogen) atoms. The maximum Gasteiger partial charge on any atom is 0.326 e. The molecule has 2 N–H and O–H groups in total. The molecular formula is C13H18N2O4S. The van der Waals surface area contributed by atoms with E-state index < -0.39 is 12.0 Å². The number of thioether (sulfide) groups is 1. The number of carbonyl (C=O) groups excluding carboxylic acids is 1. The largest absolute Gasteiger partial charge is 0.480 e. The third kappa shape index (κ3) is 5.48. The Kier molecular flexibility index (Phi) is 6.86. The summed E-state index contributed by atoms with van der Waals surface area (Å²) in [5, 5.41) is 11.5. The van der Waals surface area contributed by atoms with Gasteiger partial charge in [0.15, 0.2) is 0 Å². The van der Waals surface area contributed by atoms with Crippen LogP contribution in [0.1, 0.15) is 12.8 Å². The number of carboxylic acid groups (broad SMARTS) is 1. The van der Waals surface area contributed by atoms with Crippen LogP contribution in [-0.4, -0.2) is 39.6 Å². The monoisotopic (exact) mass is 298 g/mol. The summed E-state index contributed by atoms with van der Waals surface area (Å²) in [6, 6.07) is 3.87. The lowest BCUT2D eigenvalue weighted by molar-refractivity contribution is -0.141. The summed E-state index contributed by atoms with van der Waals surface area (Å²) in [6.07, 6.45) is 3.93. The minimum Gasteiger partial charge on any atom is -0.480 e. The molecule has 0 fully saturated rings. The molecule has 1 amide bonds. The van der Waals surface area contributed by atoms with Crippen molar-refractivity contribution in [2.45, 2.75) is 25.4 Å². The predicted octanol–water partition coefficient (Wildman–Crippen LogP) is 0.561. The number of hydrogen-bond acceptors (Lipinski definition) is 4. The van der Waals surface area contributed by atoms with Crippen molar-refractivity contribution in [3.05, 3.63) is 34.7 Å². The van der Waals surface area contributed by atoms with Gasteiger partial charge in [-0.05, 0) is 24.5 Å². The van der Waals surface area contributed by atoms with Crippen LogP contribution >= 0.6 is 11.8 Å².